The summed E-state index contributed by atoms with van der Waals surface area (Å²) in [7, 11) is 1.61. The highest BCUT2D eigenvalue weighted by Crippen LogP contribution is 2.46. The normalized spacial score (nSPS) is 17.8. The molecule has 540 valence electrons. The van der Waals surface area contributed by atoms with E-state index in [0.29, 0.717) is 148 Å². The molecule has 2 unspecified atom stereocenters. The van der Waals surface area contributed by atoms with Gasteiger partial charge in [-0.1, -0.05) is 26.0 Å². The van der Waals surface area contributed by atoms with Crippen LogP contribution in [0.4, 0.5) is 14.9 Å². The number of ether oxygens (including phenoxy) is 10. The van der Waals surface area contributed by atoms with Gasteiger partial charge in [0.1, 0.15) is 42.7 Å². The number of esters is 1. The Labute approximate surface area is 571 Å². The van der Waals surface area contributed by atoms with E-state index in [9.17, 15) is 53.1 Å². The second-order valence-corrected chi connectivity index (χ2v) is 24.9. The molecule has 31 heteroatoms. The molecular weight excluding hydrogens is 1300 g/mol. The van der Waals surface area contributed by atoms with E-state index < -0.39 is 113 Å². The van der Waals surface area contributed by atoms with Crippen LogP contribution in [0.5, 0.6) is 0 Å². The van der Waals surface area contributed by atoms with Gasteiger partial charge in [-0.15, -0.1) is 0 Å². The van der Waals surface area contributed by atoms with E-state index in [-0.39, 0.29) is 70.0 Å². The fraction of sp³-hybridized carbons (Fsp3) is 0.574. The number of methoxy groups -OCH3 is 1. The number of nitrogens with zero attached hydrogens (tertiary/aromatic N) is 3. The van der Waals surface area contributed by atoms with Gasteiger partial charge < -0.3 is 88.9 Å². The number of aryl methyl sites for hydroxylation is 1. The van der Waals surface area contributed by atoms with Gasteiger partial charge in [-0.05, 0) is 94.3 Å². The van der Waals surface area contributed by atoms with E-state index in [0.717, 1.165) is 4.90 Å². The molecule has 1 saturated heterocycles. The maximum Gasteiger partial charge on any atom is 0.408 e. The summed E-state index contributed by atoms with van der Waals surface area (Å²) in [6.07, 6.45) is -0.554. The largest absolute Gasteiger partial charge is 0.458 e. The standard InChI is InChI=1S/C68H90FN9O21/c1-9-68(89)48-33-52-58-46(36-77(52)63(85)47(48)38-98-65(68)87)57-50(15-14-45-40(3)49(69)34-51(74-58)56(45)57)75-64(86)67(6,7)76-66(88)99-37-43-10-12-44(13-11-43)73-60(82)42(5)71-59(81)41(4)72-61(83)53(78-55(80)32-39(2)62(78)84)35-70-54(79)16-17-91-20-21-93-24-25-95-28-29-97-31-30-96-27-26-94-23-22-92-19-18-90-8/h10-13,33-34,39,41-42,50,53,89H,9,14-32,35-38H2,1-8H3,(H,70,79)(H,71,81)(H,72,83)(H,73,82)(H,75,86)(H,76,88)/t39?,41-,42-,50-,53?,68-/m0/s1. The first-order valence-electron chi connectivity index (χ1n) is 33.1. The molecule has 99 heavy (non-hydrogen) atoms. The molecule has 1 aliphatic carbocycles. The van der Waals surface area contributed by atoms with Gasteiger partial charge >= 0.3 is 12.1 Å². The van der Waals surface area contributed by atoms with Crippen molar-refractivity contribution in [1.29, 1.82) is 0 Å². The van der Waals surface area contributed by atoms with Crippen LogP contribution in [0.25, 0.3) is 22.3 Å². The lowest BCUT2D eigenvalue weighted by Crippen LogP contribution is -2.58. The number of aliphatic hydroxyl groups is 1. The van der Waals surface area contributed by atoms with Crippen molar-refractivity contribution in [3.05, 3.63) is 91.5 Å². The summed E-state index contributed by atoms with van der Waals surface area (Å²) in [5.41, 5.74) is 0.257. The zero-order valence-electron chi connectivity index (χ0n) is 57.2. The molecule has 2 aromatic carbocycles. The molecule has 8 amide bonds. The number of aromatic nitrogens is 2. The van der Waals surface area contributed by atoms with Crippen LogP contribution in [0.1, 0.15) is 112 Å². The Morgan fingerprint density at radius 2 is 1.35 bits per heavy atom. The molecule has 0 bridgehead atoms. The molecule has 2 aromatic heterocycles. The van der Waals surface area contributed by atoms with Crippen molar-refractivity contribution >= 4 is 70.0 Å². The third-order valence-corrected chi connectivity index (χ3v) is 17.4. The van der Waals surface area contributed by atoms with Crippen LogP contribution in [-0.4, -0.2) is 209 Å². The number of cyclic esters (lactones) is 1. The minimum Gasteiger partial charge on any atom is -0.458 e. The molecule has 4 aliphatic rings. The number of fused-ring (bicyclic) bond motifs is 5. The predicted molar refractivity (Wildman–Crippen MR) is 351 cm³/mol. The summed E-state index contributed by atoms with van der Waals surface area (Å²) in [5.74, 6) is -6.75. The Kier molecular flexibility index (Phi) is 27.4. The maximum atomic E-state index is 15.5. The Morgan fingerprint density at radius 1 is 0.778 bits per heavy atom. The van der Waals surface area contributed by atoms with Gasteiger partial charge in [0.15, 0.2) is 5.60 Å². The lowest BCUT2D eigenvalue weighted by molar-refractivity contribution is -0.172. The summed E-state index contributed by atoms with van der Waals surface area (Å²) in [6.45, 7) is 15.2. The molecule has 1 fully saturated rings. The molecule has 8 rings (SSSR count). The maximum absolute atomic E-state index is 15.5. The number of rotatable bonds is 39. The summed E-state index contributed by atoms with van der Waals surface area (Å²) in [5, 5.41) is 28.1. The van der Waals surface area contributed by atoms with E-state index in [1.807, 2.05) is 0 Å². The second kappa shape index (κ2) is 35.6. The summed E-state index contributed by atoms with van der Waals surface area (Å²) < 4.78 is 70.8. The van der Waals surface area contributed by atoms with E-state index in [4.69, 9.17) is 52.4 Å². The van der Waals surface area contributed by atoms with Gasteiger partial charge in [0.2, 0.25) is 41.4 Å². The predicted octanol–water partition coefficient (Wildman–Crippen LogP) is 2.32. The third-order valence-electron chi connectivity index (χ3n) is 17.4. The number of alkyl carbamates (subject to hydrolysis) is 1. The molecule has 0 saturated carbocycles. The smallest absolute Gasteiger partial charge is 0.408 e. The van der Waals surface area contributed by atoms with E-state index in [2.05, 4.69) is 31.9 Å². The van der Waals surface area contributed by atoms with Crippen molar-refractivity contribution in [3.8, 4) is 11.4 Å². The molecule has 30 nitrogen and oxygen atoms in total. The molecule has 6 atom stereocenters. The number of carbonyl (C=O) groups excluding carboxylic acids is 9. The fourth-order valence-corrected chi connectivity index (χ4v) is 11.7. The van der Waals surface area contributed by atoms with Crippen LogP contribution >= 0.6 is 0 Å². The zero-order chi connectivity index (χ0) is 71.6. The molecule has 0 radical (unpaired) electrons. The quantitative estimate of drug-likeness (QED) is 0.0169. The number of carbonyl (C=O) groups is 9. The Hall–Kier alpha value is -8.40. The van der Waals surface area contributed by atoms with Crippen molar-refractivity contribution in [3.63, 3.8) is 0 Å². The minimum atomic E-state index is -2.07. The van der Waals surface area contributed by atoms with Gasteiger partial charge in [0.05, 0.1) is 134 Å². The minimum absolute atomic E-state index is 0.00451. The highest BCUT2D eigenvalue weighted by Gasteiger charge is 2.47. The molecular formula is C68H90FN9O21. The van der Waals surface area contributed by atoms with Gasteiger partial charge in [-0.25, -0.2) is 19.0 Å². The number of hydrogen-bond donors (Lipinski definition) is 7. The lowest BCUT2D eigenvalue weighted by Gasteiger charge is -2.33. The molecule has 4 aromatic rings. The Morgan fingerprint density at radius 3 is 1.93 bits per heavy atom. The van der Waals surface area contributed by atoms with E-state index in [1.165, 1.54) is 57.4 Å². The average molecular weight is 1390 g/mol. The first kappa shape index (κ1) is 76.4. The molecule has 7 N–H and O–H groups in total. The van der Waals surface area contributed by atoms with Crippen molar-refractivity contribution in [1.82, 2.24) is 41.0 Å². The number of anilines is 1. The second-order valence-electron chi connectivity index (χ2n) is 24.9. The van der Waals surface area contributed by atoms with Crippen molar-refractivity contribution in [2.45, 2.75) is 136 Å². The summed E-state index contributed by atoms with van der Waals surface area (Å²) in [4.78, 5) is 139. The van der Waals surface area contributed by atoms with Gasteiger partial charge in [-0.2, -0.15) is 0 Å². The van der Waals surface area contributed by atoms with Gasteiger partial charge in [0, 0.05) is 60.7 Å². The lowest BCUT2D eigenvalue weighted by atomic mass is 9.81. The first-order chi connectivity index (χ1) is 47.4. The van der Waals surface area contributed by atoms with Crippen molar-refractivity contribution in [2.75, 3.05) is 118 Å². The third kappa shape index (κ3) is 19.3. The first-order valence-corrected chi connectivity index (χ1v) is 33.1. The van der Waals surface area contributed by atoms with Crippen molar-refractivity contribution in [2.24, 2.45) is 5.92 Å². The Balaban J connectivity index is 0.732. The van der Waals surface area contributed by atoms with Crippen LogP contribution in [0.2, 0.25) is 0 Å². The van der Waals surface area contributed by atoms with E-state index in [1.54, 1.807) is 39.2 Å². The molecule has 5 heterocycles. The number of likely N-dealkylation sites (tertiary alicyclic amines) is 1. The molecule has 3 aliphatic heterocycles. The van der Waals surface area contributed by atoms with E-state index >= 15 is 4.39 Å². The van der Waals surface area contributed by atoms with Crippen molar-refractivity contribution < 1.29 is 100 Å². The van der Waals surface area contributed by atoms with Crippen LogP contribution in [-0.2, 0) is 118 Å². The topological polar surface area (TPSA) is 376 Å². The highest BCUT2D eigenvalue weighted by molar-refractivity contribution is 6.07. The number of hydrogen-bond acceptors (Lipinski definition) is 22. The number of benzene rings is 2. The van der Waals surface area contributed by atoms with Crippen LogP contribution in [0.3, 0.4) is 0 Å². The van der Waals surface area contributed by atoms with Gasteiger partial charge in [-0.3, -0.25) is 43.3 Å². The van der Waals surface area contributed by atoms with Gasteiger partial charge in [0.25, 0.3) is 5.56 Å². The summed E-state index contributed by atoms with van der Waals surface area (Å²) in [6, 6.07) is 4.48. The number of halogens is 1. The fourth-order valence-electron chi connectivity index (χ4n) is 11.7. The van der Waals surface area contributed by atoms with Crippen LogP contribution in [0.15, 0.2) is 41.2 Å². The number of imide groups is 1. The average Bonchev–Trinajstić information content (AvgIpc) is 1.62. The SMILES string of the molecule is CC[C@@]1(O)C(=O)OCc2c1cc1n(c2=O)Cc2c-1nc1cc(F)c(C)c3c1c2[C@@H](NC(=O)C(C)(C)NC(=O)OCc1ccc(NC(=O)[C@H](C)NC(=O)[C@H](C)NC(=O)C(CNC(=O)CCOCCOCCOCCOCCOCCOCCOCCOC)N2C(=O)CC(C)C2=O)cc1)CC3. The zero-order valence-corrected chi connectivity index (χ0v) is 57.2. The van der Waals surface area contributed by atoms with Crippen LogP contribution < -0.4 is 37.5 Å². The molecule has 0 spiro atoms. The monoisotopic (exact) mass is 1390 g/mol. The van der Waals surface area contributed by atoms with Crippen LogP contribution in [0, 0.1) is 18.7 Å². The number of nitrogens with one attached hydrogen (secondary N) is 6. The number of pyridine rings is 2. The number of amides is 8. The Bertz CT molecular complexity index is 3660. The summed E-state index contributed by atoms with van der Waals surface area (Å²) >= 11 is 0. The highest BCUT2D eigenvalue weighted by atomic mass is 19.1.